The lowest BCUT2D eigenvalue weighted by molar-refractivity contribution is -0.000173. The van der Waals surface area contributed by atoms with Crippen molar-refractivity contribution in [1.82, 2.24) is 4.90 Å². The lowest BCUT2D eigenvalue weighted by Crippen LogP contribution is -2.47. The molecular formula is C16H25NO3. The molecule has 0 fully saturated rings. The van der Waals surface area contributed by atoms with Crippen molar-refractivity contribution in [3.05, 3.63) is 35.4 Å². The lowest BCUT2D eigenvalue weighted by Gasteiger charge is -2.35. The molecule has 1 aromatic carbocycles. The summed E-state index contributed by atoms with van der Waals surface area (Å²) in [7, 11) is 3.42. The zero-order chi connectivity index (χ0) is 14.5. The highest BCUT2D eigenvalue weighted by atomic mass is 16.5. The zero-order valence-electron chi connectivity index (χ0n) is 12.6. The monoisotopic (exact) mass is 279 g/mol. The van der Waals surface area contributed by atoms with E-state index in [0.717, 1.165) is 18.5 Å². The summed E-state index contributed by atoms with van der Waals surface area (Å²) >= 11 is 0. The molecule has 0 amide bonds. The average molecular weight is 279 g/mol. The second-order valence-electron chi connectivity index (χ2n) is 5.45. The maximum absolute atomic E-state index is 10.6. The molecule has 3 atom stereocenters. The molecule has 1 N–H and O–H groups in total. The fraction of sp³-hybridized carbons (Fsp3) is 0.625. The van der Waals surface area contributed by atoms with E-state index in [2.05, 4.69) is 17.9 Å². The standard InChI is InChI=1S/C16H25NO3/c1-12(11-20-3)17(8-9-19-2)15-10-13-6-4-5-7-14(13)16(15)18/h4-7,12,15-16,18H,8-11H2,1-3H3. The van der Waals surface area contributed by atoms with Gasteiger partial charge in [-0.15, -0.1) is 0 Å². The second-order valence-corrected chi connectivity index (χ2v) is 5.45. The Hall–Kier alpha value is -0.940. The Kier molecular flexibility index (Phi) is 5.54. The fourth-order valence-electron chi connectivity index (χ4n) is 3.10. The van der Waals surface area contributed by atoms with Crippen LogP contribution in [-0.2, 0) is 15.9 Å². The van der Waals surface area contributed by atoms with Gasteiger partial charge in [0, 0.05) is 32.8 Å². The van der Waals surface area contributed by atoms with E-state index in [1.54, 1.807) is 14.2 Å². The third-order valence-electron chi connectivity index (χ3n) is 4.12. The topological polar surface area (TPSA) is 41.9 Å². The number of hydrogen-bond acceptors (Lipinski definition) is 4. The van der Waals surface area contributed by atoms with Crippen LogP contribution in [0.15, 0.2) is 24.3 Å². The molecule has 4 nitrogen and oxygen atoms in total. The van der Waals surface area contributed by atoms with E-state index in [1.165, 1.54) is 5.56 Å². The van der Waals surface area contributed by atoms with Crippen molar-refractivity contribution in [2.24, 2.45) is 0 Å². The molecule has 3 unspecified atom stereocenters. The van der Waals surface area contributed by atoms with E-state index >= 15 is 0 Å². The third-order valence-corrected chi connectivity index (χ3v) is 4.12. The molecule has 1 aromatic rings. The van der Waals surface area contributed by atoms with E-state index < -0.39 is 6.10 Å². The summed E-state index contributed by atoms with van der Waals surface area (Å²) in [5, 5.41) is 10.6. The van der Waals surface area contributed by atoms with Gasteiger partial charge >= 0.3 is 0 Å². The van der Waals surface area contributed by atoms with Crippen LogP contribution in [0.25, 0.3) is 0 Å². The SMILES string of the molecule is COCCN(C(C)COC)C1Cc2ccccc2C1O. The molecule has 0 heterocycles. The van der Waals surface area contributed by atoms with Crippen molar-refractivity contribution in [2.45, 2.75) is 31.5 Å². The number of ether oxygens (including phenoxy) is 2. The normalized spacial score (nSPS) is 23.1. The van der Waals surface area contributed by atoms with Crippen LogP contribution in [0.4, 0.5) is 0 Å². The number of nitrogens with zero attached hydrogens (tertiary/aromatic N) is 1. The summed E-state index contributed by atoms with van der Waals surface area (Å²) in [4.78, 5) is 2.30. The molecule has 0 bridgehead atoms. The van der Waals surface area contributed by atoms with Crippen LogP contribution in [0, 0.1) is 0 Å². The maximum Gasteiger partial charge on any atom is 0.0951 e. The van der Waals surface area contributed by atoms with Crippen molar-refractivity contribution < 1.29 is 14.6 Å². The van der Waals surface area contributed by atoms with E-state index in [9.17, 15) is 5.11 Å². The minimum absolute atomic E-state index is 0.104. The molecule has 0 aromatic heterocycles. The predicted octanol–water partition coefficient (Wildman–Crippen LogP) is 1.63. The summed E-state index contributed by atoms with van der Waals surface area (Å²) in [5.41, 5.74) is 2.31. The number of benzene rings is 1. The van der Waals surface area contributed by atoms with Crippen molar-refractivity contribution in [2.75, 3.05) is 34.0 Å². The van der Waals surface area contributed by atoms with E-state index in [0.29, 0.717) is 13.2 Å². The molecule has 112 valence electrons. The average Bonchev–Trinajstić information content (AvgIpc) is 2.78. The Bertz CT molecular complexity index is 424. The molecule has 1 aliphatic carbocycles. The minimum Gasteiger partial charge on any atom is -0.387 e. The molecule has 20 heavy (non-hydrogen) atoms. The summed E-state index contributed by atoms with van der Waals surface area (Å²) in [6.45, 7) is 4.25. The molecule has 0 saturated heterocycles. The number of methoxy groups -OCH3 is 2. The van der Waals surface area contributed by atoms with Crippen LogP contribution in [-0.4, -0.2) is 56.1 Å². The first-order chi connectivity index (χ1) is 9.69. The van der Waals surface area contributed by atoms with Crippen molar-refractivity contribution in [1.29, 1.82) is 0 Å². The Labute approximate surface area is 121 Å². The Balaban J connectivity index is 2.14. The summed E-state index contributed by atoms with van der Waals surface area (Å²) in [6.07, 6.45) is 0.456. The first kappa shape index (κ1) is 15.4. The van der Waals surface area contributed by atoms with Gasteiger partial charge in [-0.3, -0.25) is 4.90 Å². The van der Waals surface area contributed by atoms with Crippen LogP contribution in [0.2, 0.25) is 0 Å². The lowest BCUT2D eigenvalue weighted by atomic mass is 10.1. The molecule has 0 saturated carbocycles. The van der Waals surface area contributed by atoms with Gasteiger partial charge in [0.25, 0.3) is 0 Å². The van der Waals surface area contributed by atoms with Gasteiger partial charge in [-0.2, -0.15) is 0 Å². The number of fused-ring (bicyclic) bond motifs is 1. The van der Waals surface area contributed by atoms with Gasteiger partial charge in [-0.1, -0.05) is 24.3 Å². The van der Waals surface area contributed by atoms with E-state index in [-0.39, 0.29) is 12.1 Å². The van der Waals surface area contributed by atoms with Crippen LogP contribution >= 0.6 is 0 Å². The van der Waals surface area contributed by atoms with Gasteiger partial charge in [0.1, 0.15) is 0 Å². The summed E-state index contributed by atoms with van der Waals surface area (Å²) in [6, 6.07) is 8.51. The zero-order valence-corrected chi connectivity index (χ0v) is 12.6. The Morgan fingerprint density at radius 1 is 1.30 bits per heavy atom. The molecule has 1 aliphatic rings. The van der Waals surface area contributed by atoms with Gasteiger partial charge in [-0.05, 0) is 24.5 Å². The molecule has 0 spiro atoms. The Morgan fingerprint density at radius 3 is 2.70 bits per heavy atom. The number of hydrogen-bond donors (Lipinski definition) is 1. The van der Waals surface area contributed by atoms with Crippen molar-refractivity contribution >= 4 is 0 Å². The smallest absolute Gasteiger partial charge is 0.0951 e. The van der Waals surface area contributed by atoms with Crippen molar-refractivity contribution in [3.63, 3.8) is 0 Å². The molecule has 4 heteroatoms. The second kappa shape index (κ2) is 7.18. The fourth-order valence-corrected chi connectivity index (χ4v) is 3.10. The molecule has 0 aliphatic heterocycles. The molecule has 2 rings (SSSR count). The van der Waals surface area contributed by atoms with Gasteiger partial charge < -0.3 is 14.6 Å². The number of aliphatic hydroxyl groups is 1. The van der Waals surface area contributed by atoms with Gasteiger partial charge in [0.05, 0.1) is 19.3 Å². The van der Waals surface area contributed by atoms with Crippen LogP contribution in [0.3, 0.4) is 0 Å². The van der Waals surface area contributed by atoms with Crippen molar-refractivity contribution in [3.8, 4) is 0 Å². The van der Waals surface area contributed by atoms with Gasteiger partial charge in [-0.25, -0.2) is 0 Å². The van der Waals surface area contributed by atoms with E-state index in [4.69, 9.17) is 9.47 Å². The van der Waals surface area contributed by atoms with Crippen LogP contribution in [0.5, 0.6) is 0 Å². The van der Waals surface area contributed by atoms with Gasteiger partial charge in [0.15, 0.2) is 0 Å². The molecular weight excluding hydrogens is 254 g/mol. The highest BCUT2D eigenvalue weighted by Gasteiger charge is 2.36. The first-order valence-corrected chi connectivity index (χ1v) is 7.18. The largest absolute Gasteiger partial charge is 0.387 e. The number of aliphatic hydroxyl groups excluding tert-OH is 1. The maximum atomic E-state index is 10.6. The number of rotatable bonds is 7. The highest BCUT2D eigenvalue weighted by Crippen LogP contribution is 2.35. The highest BCUT2D eigenvalue weighted by molar-refractivity contribution is 5.36. The van der Waals surface area contributed by atoms with Gasteiger partial charge in [0.2, 0.25) is 0 Å². The quantitative estimate of drug-likeness (QED) is 0.824. The van der Waals surface area contributed by atoms with Crippen LogP contribution in [0.1, 0.15) is 24.2 Å². The van der Waals surface area contributed by atoms with E-state index in [1.807, 2.05) is 18.2 Å². The predicted molar refractivity (Wildman–Crippen MR) is 78.8 cm³/mol. The molecule has 0 radical (unpaired) electrons. The summed E-state index contributed by atoms with van der Waals surface area (Å²) in [5.74, 6) is 0. The van der Waals surface area contributed by atoms with Crippen LogP contribution < -0.4 is 0 Å². The third kappa shape index (κ3) is 3.20. The Morgan fingerprint density at radius 2 is 2.05 bits per heavy atom. The minimum atomic E-state index is -0.428. The summed E-state index contributed by atoms with van der Waals surface area (Å²) < 4.78 is 10.5. The first-order valence-electron chi connectivity index (χ1n) is 7.18.